The topological polar surface area (TPSA) is 63.9 Å². The van der Waals surface area contributed by atoms with Gasteiger partial charge in [-0.3, -0.25) is 4.79 Å². The van der Waals surface area contributed by atoms with Crippen LogP contribution in [0.5, 0.6) is 0 Å². The normalized spacial score (nSPS) is 19.2. The van der Waals surface area contributed by atoms with Crippen molar-refractivity contribution in [3.8, 4) is 10.7 Å². The minimum atomic E-state index is 0.0756. The number of thiophene rings is 1. The summed E-state index contributed by atoms with van der Waals surface area (Å²) in [7, 11) is 0. The van der Waals surface area contributed by atoms with Crippen LogP contribution in [-0.2, 0) is 11.3 Å². The van der Waals surface area contributed by atoms with Crippen molar-refractivity contribution < 1.29 is 4.79 Å². The highest BCUT2D eigenvalue weighted by Crippen LogP contribution is 2.19. The summed E-state index contributed by atoms with van der Waals surface area (Å²) in [5.41, 5.74) is 0. The van der Waals surface area contributed by atoms with E-state index in [2.05, 4.69) is 22.3 Å². The van der Waals surface area contributed by atoms with E-state index in [4.69, 9.17) is 0 Å². The first-order valence-corrected chi connectivity index (χ1v) is 7.70. The number of piperidine rings is 1. The van der Waals surface area contributed by atoms with Gasteiger partial charge in [-0.05, 0) is 35.4 Å². The molecule has 0 unspecified atom stereocenters. The van der Waals surface area contributed by atoms with Gasteiger partial charge in [0, 0.05) is 13.1 Å². The lowest BCUT2D eigenvalue weighted by molar-refractivity contribution is -0.134. The average molecular weight is 291 g/mol. The summed E-state index contributed by atoms with van der Waals surface area (Å²) in [6, 6.07) is 3.89. The van der Waals surface area contributed by atoms with Crippen molar-refractivity contribution in [2.75, 3.05) is 13.1 Å². The molecule has 0 saturated carbocycles. The number of hydrogen-bond donors (Lipinski definition) is 0. The lowest BCUT2D eigenvalue weighted by atomic mass is 10.0. The van der Waals surface area contributed by atoms with Crippen LogP contribution in [0.4, 0.5) is 0 Å². The molecular weight excluding hydrogens is 274 g/mol. The third kappa shape index (κ3) is 2.87. The Morgan fingerprint density at radius 2 is 2.45 bits per heavy atom. The van der Waals surface area contributed by atoms with Crippen molar-refractivity contribution in [3.63, 3.8) is 0 Å². The molecule has 0 aliphatic carbocycles. The molecule has 106 valence electrons. The fraction of sp³-hybridized carbons (Fsp3) is 0.538. The van der Waals surface area contributed by atoms with E-state index in [1.807, 2.05) is 22.4 Å². The van der Waals surface area contributed by atoms with Gasteiger partial charge in [-0.25, -0.2) is 0 Å². The molecule has 0 spiro atoms. The average Bonchev–Trinajstić information content (AvgIpc) is 3.08. The Kier molecular flexibility index (Phi) is 3.77. The number of carbonyl (C=O) groups is 1. The summed E-state index contributed by atoms with van der Waals surface area (Å²) >= 11 is 1.56. The molecule has 1 atom stereocenters. The van der Waals surface area contributed by atoms with Crippen LogP contribution in [-0.4, -0.2) is 44.1 Å². The molecule has 2 aromatic rings. The predicted molar refractivity (Wildman–Crippen MR) is 76.1 cm³/mol. The second kappa shape index (κ2) is 5.70. The van der Waals surface area contributed by atoms with E-state index < -0.39 is 0 Å². The first-order chi connectivity index (χ1) is 9.72. The van der Waals surface area contributed by atoms with Crippen molar-refractivity contribution in [2.24, 2.45) is 5.92 Å². The fourth-order valence-electron chi connectivity index (χ4n) is 2.45. The quantitative estimate of drug-likeness (QED) is 0.862. The van der Waals surface area contributed by atoms with E-state index in [9.17, 15) is 4.79 Å². The van der Waals surface area contributed by atoms with Crippen LogP contribution < -0.4 is 0 Å². The second-order valence-corrected chi connectivity index (χ2v) is 6.16. The van der Waals surface area contributed by atoms with E-state index in [0.29, 0.717) is 11.7 Å². The zero-order valence-electron chi connectivity index (χ0n) is 11.4. The van der Waals surface area contributed by atoms with E-state index in [0.717, 1.165) is 24.4 Å². The number of amides is 1. The molecular formula is C13H17N5OS. The summed E-state index contributed by atoms with van der Waals surface area (Å²) < 4.78 is 0. The van der Waals surface area contributed by atoms with Gasteiger partial charge in [0.1, 0.15) is 6.54 Å². The van der Waals surface area contributed by atoms with Crippen molar-refractivity contribution in [2.45, 2.75) is 26.3 Å². The van der Waals surface area contributed by atoms with Crippen LogP contribution in [0.3, 0.4) is 0 Å². The zero-order valence-corrected chi connectivity index (χ0v) is 12.2. The van der Waals surface area contributed by atoms with Crippen LogP contribution in [0, 0.1) is 5.92 Å². The maximum atomic E-state index is 12.2. The molecule has 2 aromatic heterocycles. The summed E-state index contributed by atoms with van der Waals surface area (Å²) in [5, 5.41) is 14.2. The third-order valence-electron chi connectivity index (χ3n) is 3.48. The minimum Gasteiger partial charge on any atom is -0.341 e. The Bertz CT molecular complexity index is 579. The van der Waals surface area contributed by atoms with E-state index >= 15 is 0 Å². The summed E-state index contributed by atoms with van der Waals surface area (Å²) in [4.78, 5) is 16.5. The lowest BCUT2D eigenvalue weighted by Crippen LogP contribution is -2.41. The largest absolute Gasteiger partial charge is 0.341 e. The SMILES string of the molecule is C[C@H]1CCCN(C(=O)Cn2nnc(-c3cccs3)n2)C1. The summed E-state index contributed by atoms with van der Waals surface area (Å²) in [6.07, 6.45) is 2.28. The van der Waals surface area contributed by atoms with E-state index in [1.54, 1.807) is 11.3 Å². The molecule has 1 saturated heterocycles. The first-order valence-electron chi connectivity index (χ1n) is 6.82. The Hall–Kier alpha value is -1.76. The van der Waals surface area contributed by atoms with Crippen molar-refractivity contribution >= 4 is 17.2 Å². The monoisotopic (exact) mass is 291 g/mol. The van der Waals surface area contributed by atoms with Gasteiger partial charge in [-0.15, -0.1) is 21.5 Å². The summed E-state index contributed by atoms with van der Waals surface area (Å²) in [6.45, 7) is 4.04. The molecule has 1 amide bonds. The number of rotatable bonds is 3. The highest BCUT2D eigenvalue weighted by Gasteiger charge is 2.21. The zero-order chi connectivity index (χ0) is 13.9. The van der Waals surface area contributed by atoms with Crippen LogP contribution in [0.2, 0.25) is 0 Å². The predicted octanol–water partition coefficient (Wildman–Crippen LogP) is 1.66. The molecule has 3 rings (SSSR count). The fourth-order valence-corrected chi connectivity index (χ4v) is 3.10. The smallest absolute Gasteiger partial charge is 0.246 e. The number of tetrazole rings is 1. The highest BCUT2D eigenvalue weighted by molar-refractivity contribution is 7.13. The molecule has 0 bridgehead atoms. The number of aromatic nitrogens is 4. The maximum absolute atomic E-state index is 12.2. The number of likely N-dealkylation sites (tertiary alicyclic amines) is 1. The molecule has 1 aliphatic rings. The lowest BCUT2D eigenvalue weighted by Gasteiger charge is -2.30. The van der Waals surface area contributed by atoms with Crippen molar-refractivity contribution in [1.29, 1.82) is 0 Å². The Labute approximate surface area is 121 Å². The third-order valence-corrected chi connectivity index (χ3v) is 4.35. The van der Waals surface area contributed by atoms with Gasteiger partial charge in [-0.1, -0.05) is 13.0 Å². The number of carbonyl (C=O) groups excluding carboxylic acids is 1. The Morgan fingerprint density at radius 1 is 1.55 bits per heavy atom. The molecule has 0 N–H and O–H groups in total. The molecule has 0 aromatic carbocycles. The van der Waals surface area contributed by atoms with Gasteiger partial charge >= 0.3 is 0 Å². The number of nitrogens with zero attached hydrogens (tertiary/aromatic N) is 5. The van der Waals surface area contributed by atoms with Crippen LogP contribution in [0.1, 0.15) is 19.8 Å². The number of hydrogen-bond acceptors (Lipinski definition) is 5. The van der Waals surface area contributed by atoms with Gasteiger partial charge in [0.15, 0.2) is 0 Å². The first kappa shape index (κ1) is 13.2. The molecule has 7 heteroatoms. The van der Waals surface area contributed by atoms with E-state index in [-0.39, 0.29) is 12.5 Å². The van der Waals surface area contributed by atoms with Gasteiger partial charge in [0.25, 0.3) is 0 Å². The second-order valence-electron chi connectivity index (χ2n) is 5.21. The summed E-state index contributed by atoms with van der Waals surface area (Å²) in [5.74, 6) is 1.24. The molecule has 20 heavy (non-hydrogen) atoms. The minimum absolute atomic E-state index is 0.0756. The highest BCUT2D eigenvalue weighted by atomic mass is 32.1. The van der Waals surface area contributed by atoms with Crippen molar-refractivity contribution in [1.82, 2.24) is 25.1 Å². The Morgan fingerprint density at radius 3 is 3.20 bits per heavy atom. The standard InChI is InChI=1S/C13H17N5OS/c1-10-4-2-6-17(8-10)12(19)9-18-15-13(14-16-18)11-5-3-7-20-11/h3,5,7,10H,2,4,6,8-9H2,1H3/t10-/m0/s1. The van der Waals surface area contributed by atoms with E-state index in [1.165, 1.54) is 11.2 Å². The van der Waals surface area contributed by atoms with Crippen LogP contribution in [0.15, 0.2) is 17.5 Å². The van der Waals surface area contributed by atoms with Gasteiger partial charge in [0.2, 0.25) is 11.7 Å². The molecule has 3 heterocycles. The van der Waals surface area contributed by atoms with Gasteiger partial charge in [0.05, 0.1) is 4.88 Å². The Balaban J connectivity index is 1.64. The van der Waals surface area contributed by atoms with Crippen molar-refractivity contribution in [3.05, 3.63) is 17.5 Å². The molecule has 0 radical (unpaired) electrons. The van der Waals surface area contributed by atoms with Crippen LogP contribution in [0.25, 0.3) is 10.7 Å². The van der Waals surface area contributed by atoms with Crippen LogP contribution >= 0.6 is 11.3 Å². The van der Waals surface area contributed by atoms with Gasteiger partial charge < -0.3 is 4.90 Å². The molecule has 1 fully saturated rings. The molecule has 1 aliphatic heterocycles. The van der Waals surface area contributed by atoms with Gasteiger partial charge in [-0.2, -0.15) is 4.80 Å². The molecule has 6 nitrogen and oxygen atoms in total. The maximum Gasteiger partial charge on any atom is 0.246 e.